The number of rotatable bonds is 9. The van der Waals surface area contributed by atoms with Crippen molar-refractivity contribution in [3.63, 3.8) is 0 Å². The molecule has 1 aromatic heterocycles. The predicted octanol–water partition coefficient (Wildman–Crippen LogP) is 3.05. The Hall–Kier alpha value is -3.57. The van der Waals surface area contributed by atoms with E-state index in [1.807, 2.05) is 44.2 Å². The van der Waals surface area contributed by atoms with E-state index in [9.17, 15) is 22.7 Å². The molecule has 9 nitrogen and oxygen atoms in total. The molecule has 0 saturated heterocycles. The normalized spacial score (nSPS) is 12.3. The number of nitrogens with zero attached hydrogens (tertiary/aromatic N) is 2. The van der Waals surface area contributed by atoms with E-state index in [2.05, 4.69) is 25.9 Å². The molecule has 0 bridgehead atoms. The number of benzene rings is 2. The number of aliphatic hydroxyl groups excluding tert-OH is 1. The molecule has 180 valence electrons. The van der Waals surface area contributed by atoms with Gasteiger partial charge in [-0.25, -0.2) is 17.8 Å². The van der Waals surface area contributed by atoms with Crippen molar-refractivity contribution in [1.29, 1.82) is 0 Å². The SMILES string of the molecule is CC(C)NC(=O)c1cnc(Nc2ccc(S(C)(=O)=O)c(F)c2)nc1N[C@H](CO)c1ccccc1. The summed E-state index contributed by atoms with van der Waals surface area (Å²) in [5, 5.41) is 18.6. The predicted molar refractivity (Wildman–Crippen MR) is 127 cm³/mol. The Kier molecular flexibility index (Phi) is 7.79. The molecule has 1 atom stereocenters. The molecule has 3 aromatic rings. The van der Waals surface area contributed by atoms with Crippen molar-refractivity contribution in [2.75, 3.05) is 23.5 Å². The molecule has 1 amide bonds. The van der Waals surface area contributed by atoms with Crippen LogP contribution in [0.25, 0.3) is 0 Å². The van der Waals surface area contributed by atoms with E-state index in [1.54, 1.807) is 0 Å². The van der Waals surface area contributed by atoms with E-state index in [0.717, 1.165) is 24.0 Å². The zero-order chi connectivity index (χ0) is 24.9. The molecule has 0 aliphatic carbocycles. The fraction of sp³-hybridized carbons (Fsp3) is 0.261. The summed E-state index contributed by atoms with van der Waals surface area (Å²) in [5.41, 5.74) is 1.16. The number of aromatic nitrogens is 2. The Labute approximate surface area is 197 Å². The molecular weight excluding hydrogens is 461 g/mol. The highest BCUT2D eigenvalue weighted by Gasteiger charge is 2.20. The van der Waals surface area contributed by atoms with Gasteiger partial charge in [0.05, 0.1) is 12.6 Å². The van der Waals surface area contributed by atoms with Crippen LogP contribution in [-0.4, -0.2) is 48.3 Å². The first-order chi connectivity index (χ1) is 16.1. The van der Waals surface area contributed by atoms with Crippen LogP contribution in [0.3, 0.4) is 0 Å². The summed E-state index contributed by atoms with van der Waals surface area (Å²) in [6.45, 7) is 3.37. The van der Waals surface area contributed by atoms with Crippen LogP contribution in [0.2, 0.25) is 0 Å². The van der Waals surface area contributed by atoms with Crippen molar-refractivity contribution < 1.29 is 22.7 Å². The number of hydrogen-bond donors (Lipinski definition) is 4. The Morgan fingerprint density at radius 3 is 2.44 bits per heavy atom. The minimum absolute atomic E-state index is 0.0415. The molecule has 3 rings (SSSR count). The lowest BCUT2D eigenvalue weighted by Gasteiger charge is -2.20. The minimum Gasteiger partial charge on any atom is -0.394 e. The standard InChI is InChI=1S/C23H26FN5O4S/c1-14(2)26-22(31)17-12-25-23(27-16-9-10-20(18(24)11-16)34(3,32)33)29-21(17)28-19(13-30)15-7-5-4-6-8-15/h4-12,14,19,30H,13H2,1-3H3,(H,26,31)(H2,25,27,28,29)/t19-/m1/s1. The van der Waals surface area contributed by atoms with Crippen LogP contribution in [0.5, 0.6) is 0 Å². The molecular formula is C23H26FN5O4S. The van der Waals surface area contributed by atoms with E-state index in [0.29, 0.717) is 0 Å². The fourth-order valence-electron chi connectivity index (χ4n) is 3.15. The number of amides is 1. The Balaban J connectivity index is 1.95. The van der Waals surface area contributed by atoms with Gasteiger partial charge in [0.25, 0.3) is 5.91 Å². The number of carbonyl (C=O) groups excluding carboxylic acids is 1. The average Bonchev–Trinajstić information content (AvgIpc) is 2.77. The second-order valence-corrected chi connectivity index (χ2v) is 9.90. The third kappa shape index (κ3) is 6.27. The molecule has 1 heterocycles. The number of anilines is 3. The molecule has 34 heavy (non-hydrogen) atoms. The van der Waals surface area contributed by atoms with E-state index < -0.39 is 32.5 Å². The van der Waals surface area contributed by atoms with Crippen molar-refractivity contribution in [3.8, 4) is 0 Å². The number of halogens is 1. The van der Waals surface area contributed by atoms with Crippen LogP contribution in [0.4, 0.5) is 21.8 Å². The largest absolute Gasteiger partial charge is 0.394 e. The molecule has 0 spiro atoms. The third-order valence-electron chi connectivity index (χ3n) is 4.74. The summed E-state index contributed by atoms with van der Waals surface area (Å²) in [6, 6.07) is 12.0. The summed E-state index contributed by atoms with van der Waals surface area (Å²) >= 11 is 0. The van der Waals surface area contributed by atoms with Gasteiger partial charge in [-0.3, -0.25) is 4.79 Å². The lowest BCUT2D eigenvalue weighted by Crippen LogP contribution is -2.31. The summed E-state index contributed by atoms with van der Waals surface area (Å²) in [4.78, 5) is 20.8. The molecule has 4 N–H and O–H groups in total. The fourth-order valence-corrected chi connectivity index (χ4v) is 3.88. The molecule has 0 saturated carbocycles. The topological polar surface area (TPSA) is 133 Å². The van der Waals surface area contributed by atoms with Crippen LogP contribution in [0.15, 0.2) is 59.6 Å². The van der Waals surface area contributed by atoms with Gasteiger partial charge in [0.1, 0.15) is 22.1 Å². The lowest BCUT2D eigenvalue weighted by molar-refractivity contribution is 0.0943. The highest BCUT2D eigenvalue weighted by molar-refractivity contribution is 7.90. The minimum atomic E-state index is -3.71. The maximum atomic E-state index is 14.3. The number of nitrogens with one attached hydrogen (secondary N) is 3. The van der Waals surface area contributed by atoms with Crippen LogP contribution < -0.4 is 16.0 Å². The lowest BCUT2D eigenvalue weighted by atomic mass is 10.1. The van der Waals surface area contributed by atoms with Crippen LogP contribution in [-0.2, 0) is 9.84 Å². The van der Waals surface area contributed by atoms with Crippen molar-refractivity contribution in [1.82, 2.24) is 15.3 Å². The highest BCUT2D eigenvalue weighted by atomic mass is 32.2. The van der Waals surface area contributed by atoms with Crippen molar-refractivity contribution >= 4 is 33.2 Å². The molecule has 0 fully saturated rings. The van der Waals surface area contributed by atoms with Crippen molar-refractivity contribution in [2.45, 2.75) is 30.8 Å². The molecule has 0 aliphatic rings. The van der Waals surface area contributed by atoms with Gasteiger partial charge in [-0.1, -0.05) is 30.3 Å². The zero-order valence-electron chi connectivity index (χ0n) is 18.9. The zero-order valence-corrected chi connectivity index (χ0v) is 19.7. The van der Waals surface area contributed by atoms with Gasteiger partial charge in [0.2, 0.25) is 5.95 Å². The third-order valence-corrected chi connectivity index (χ3v) is 5.87. The average molecular weight is 488 g/mol. The Morgan fingerprint density at radius 1 is 1.15 bits per heavy atom. The van der Waals surface area contributed by atoms with Gasteiger partial charge >= 0.3 is 0 Å². The van der Waals surface area contributed by atoms with E-state index in [4.69, 9.17) is 0 Å². The number of aliphatic hydroxyl groups is 1. The Morgan fingerprint density at radius 2 is 1.85 bits per heavy atom. The maximum absolute atomic E-state index is 14.3. The number of carbonyl (C=O) groups is 1. The molecule has 0 unspecified atom stereocenters. The van der Waals surface area contributed by atoms with Gasteiger partial charge in [-0.2, -0.15) is 4.98 Å². The van der Waals surface area contributed by atoms with Gasteiger partial charge in [0, 0.05) is 24.2 Å². The van der Waals surface area contributed by atoms with E-state index >= 15 is 0 Å². The first-order valence-corrected chi connectivity index (χ1v) is 12.3. The second kappa shape index (κ2) is 10.6. The number of sulfone groups is 1. The van der Waals surface area contributed by atoms with E-state index in [1.165, 1.54) is 12.3 Å². The maximum Gasteiger partial charge on any atom is 0.256 e. The number of hydrogen-bond acceptors (Lipinski definition) is 8. The summed E-state index contributed by atoms with van der Waals surface area (Å²) in [7, 11) is -3.71. The van der Waals surface area contributed by atoms with Crippen molar-refractivity contribution in [2.24, 2.45) is 0 Å². The van der Waals surface area contributed by atoms with E-state index in [-0.39, 0.29) is 35.7 Å². The molecule has 0 aliphatic heterocycles. The first kappa shape index (κ1) is 25.1. The molecule has 2 aromatic carbocycles. The van der Waals surface area contributed by atoms with Gasteiger partial charge < -0.3 is 21.1 Å². The van der Waals surface area contributed by atoms with Crippen LogP contribution in [0.1, 0.15) is 35.8 Å². The van der Waals surface area contributed by atoms with Gasteiger partial charge in [0.15, 0.2) is 9.84 Å². The summed E-state index contributed by atoms with van der Waals surface area (Å²) in [5.74, 6) is -1.12. The quantitative estimate of drug-likeness (QED) is 0.362. The van der Waals surface area contributed by atoms with Crippen molar-refractivity contribution in [3.05, 3.63) is 71.7 Å². The first-order valence-electron chi connectivity index (χ1n) is 10.5. The highest BCUT2D eigenvalue weighted by Crippen LogP contribution is 2.25. The molecule has 0 radical (unpaired) electrons. The van der Waals surface area contributed by atoms with Crippen LogP contribution >= 0.6 is 0 Å². The van der Waals surface area contributed by atoms with Gasteiger partial charge in [-0.05, 0) is 37.6 Å². The smallest absolute Gasteiger partial charge is 0.256 e. The molecule has 11 heteroatoms. The monoisotopic (exact) mass is 487 g/mol. The second-order valence-electron chi connectivity index (χ2n) is 7.92. The Bertz CT molecular complexity index is 1270. The van der Waals surface area contributed by atoms with Crippen LogP contribution in [0, 0.1) is 5.82 Å². The summed E-state index contributed by atoms with van der Waals surface area (Å²) < 4.78 is 37.6. The summed E-state index contributed by atoms with van der Waals surface area (Å²) in [6.07, 6.45) is 2.24. The van der Waals surface area contributed by atoms with Gasteiger partial charge in [-0.15, -0.1) is 0 Å².